The Hall–Kier alpha value is -2.25. The Morgan fingerprint density at radius 1 is 0.963 bits per heavy atom. The van der Waals surface area contributed by atoms with Crippen molar-refractivity contribution in [1.82, 2.24) is 5.32 Å². The van der Waals surface area contributed by atoms with Gasteiger partial charge < -0.3 is 19.5 Å². The number of amides is 1. The Labute approximate surface area is 168 Å². The number of methoxy groups -OCH3 is 3. The van der Waals surface area contributed by atoms with Crippen LogP contribution in [-0.4, -0.2) is 33.3 Å². The molecule has 27 heavy (non-hydrogen) atoms. The number of carbonyl (C=O) groups is 1. The van der Waals surface area contributed by atoms with Crippen LogP contribution in [0.3, 0.4) is 0 Å². The number of hydrogen-bond acceptors (Lipinski definition) is 5. The van der Waals surface area contributed by atoms with Gasteiger partial charge in [0.25, 0.3) is 0 Å². The number of hydrogen-bond donors (Lipinski definition) is 2. The second-order valence-corrected chi connectivity index (χ2v) is 6.91. The molecule has 0 aromatic heterocycles. The minimum atomic E-state index is -0.410. The lowest BCUT2D eigenvalue weighted by Crippen LogP contribution is -2.39. The highest BCUT2D eigenvalue weighted by Gasteiger charge is 2.18. The maximum atomic E-state index is 12.6. The van der Waals surface area contributed by atoms with Gasteiger partial charge in [0.1, 0.15) is 17.2 Å². The van der Waals surface area contributed by atoms with Gasteiger partial charge in [0.15, 0.2) is 0 Å². The number of carbonyl (C=O) groups excluding carboxylic acids is 1. The van der Waals surface area contributed by atoms with Gasteiger partial charge in [0, 0.05) is 12.1 Å². The molecule has 2 N–H and O–H groups in total. The first-order valence-corrected chi connectivity index (χ1v) is 9.31. The summed E-state index contributed by atoms with van der Waals surface area (Å²) in [6, 6.07) is 10.7. The third-order valence-electron chi connectivity index (χ3n) is 4.24. The first kappa shape index (κ1) is 21.1. The van der Waals surface area contributed by atoms with Gasteiger partial charge in [-0.2, -0.15) is 0 Å². The summed E-state index contributed by atoms with van der Waals surface area (Å²) in [5, 5.41) is 6.19. The van der Waals surface area contributed by atoms with Crippen molar-refractivity contribution in [2.24, 2.45) is 0 Å². The lowest BCUT2D eigenvalue weighted by molar-refractivity contribution is -0.118. The van der Waals surface area contributed by atoms with Crippen molar-refractivity contribution in [2.75, 3.05) is 26.6 Å². The van der Waals surface area contributed by atoms with Crippen LogP contribution in [0.2, 0.25) is 0 Å². The predicted molar refractivity (Wildman–Crippen MR) is 110 cm³/mol. The zero-order valence-corrected chi connectivity index (χ0v) is 17.7. The molecular formula is C20H25BrN2O4. The van der Waals surface area contributed by atoms with E-state index in [2.05, 4.69) is 26.6 Å². The molecule has 1 amide bonds. The fourth-order valence-corrected chi connectivity index (χ4v) is 3.20. The molecule has 0 saturated carbocycles. The minimum Gasteiger partial charge on any atom is -0.497 e. The van der Waals surface area contributed by atoms with Crippen LogP contribution in [0.15, 0.2) is 40.9 Å². The molecule has 7 heteroatoms. The lowest BCUT2D eigenvalue weighted by Gasteiger charge is -2.21. The quantitative estimate of drug-likeness (QED) is 0.650. The van der Waals surface area contributed by atoms with E-state index in [4.69, 9.17) is 14.2 Å². The molecule has 2 rings (SSSR count). The largest absolute Gasteiger partial charge is 0.497 e. The molecule has 2 atom stereocenters. The number of halogens is 1. The molecule has 0 spiro atoms. The molecule has 2 unspecified atom stereocenters. The average Bonchev–Trinajstić information content (AvgIpc) is 2.67. The number of rotatable bonds is 8. The highest BCUT2D eigenvalue weighted by Crippen LogP contribution is 2.30. The monoisotopic (exact) mass is 436 g/mol. The molecule has 0 saturated heterocycles. The van der Waals surface area contributed by atoms with Crippen LogP contribution >= 0.6 is 15.9 Å². The Bertz CT molecular complexity index is 798. The second-order valence-electron chi connectivity index (χ2n) is 6.06. The van der Waals surface area contributed by atoms with Gasteiger partial charge >= 0.3 is 0 Å². The number of nitrogens with one attached hydrogen (secondary N) is 2. The summed E-state index contributed by atoms with van der Waals surface area (Å²) < 4.78 is 16.6. The van der Waals surface area contributed by atoms with E-state index in [0.717, 1.165) is 15.8 Å². The van der Waals surface area contributed by atoms with Gasteiger partial charge in [0.2, 0.25) is 5.91 Å². The summed E-state index contributed by atoms with van der Waals surface area (Å²) in [6.07, 6.45) is 0. The van der Waals surface area contributed by atoms with Crippen LogP contribution in [0.4, 0.5) is 5.69 Å². The summed E-state index contributed by atoms with van der Waals surface area (Å²) in [4.78, 5) is 12.6. The maximum Gasteiger partial charge on any atom is 0.241 e. The molecule has 0 bridgehead atoms. The minimum absolute atomic E-state index is 0.0225. The molecule has 146 valence electrons. The van der Waals surface area contributed by atoms with Crippen molar-refractivity contribution >= 4 is 27.5 Å². The standard InChI is InChI=1S/C20H25BrN2O4/c1-12(14-6-9-18(26-4)16(21)10-14)22-13(2)20(24)23-17-8-7-15(25-3)11-19(17)27-5/h6-13,22H,1-5H3,(H,23,24). The first-order valence-electron chi connectivity index (χ1n) is 8.52. The molecule has 0 aliphatic heterocycles. The smallest absolute Gasteiger partial charge is 0.241 e. The van der Waals surface area contributed by atoms with Crippen LogP contribution in [0, 0.1) is 0 Å². The molecule has 0 radical (unpaired) electrons. The number of benzene rings is 2. The van der Waals surface area contributed by atoms with Crippen LogP contribution in [0.25, 0.3) is 0 Å². The van der Waals surface area contributed by atoms with E-state index in [1.807, 2.05) is 32.0 Å². The first-order chi connectivity index (χ1) is 12.9. The fourth-order valence-electron chi connectivity index (χ4n) is 2.64. The predicted octanol–water partition coefficient (Wildman–Crippen LogP) is 4.15. The zero-order valence-electron chi connectivity index (χ0n) is 16.1. The average molecular weight is 437 g/mol. The van der Waals surface area contributed by atoms with Crippen LogP contribution in [-0.2, 0) is 4.79 Å². The molecule has 0 aliphatic carbocycles. The van der Waals surface area contributed by atoms with Gasteiger partial charge in [-0.3, -0.25) is 10.1 Å². The molecule has 0 fully saturated rings. The highest BCUT2D eigenvalue weighted by molar-refractivity contribution is 9.10. The van der Waals surface area contributed by atoms with E-state index in [0.29, 0.717) is 17.2 Å². The maximum absolute atomic E-state index is 12.6. The Balaban J connectivity index is 2.04. The van der Waals surface area contributed by atoms with Crippen LogP contribution < -0.4 is 24.8 Å². The normalized spacial score (nSPS) is 12.8. The van der Waals surface area contributed by atoms with E-state index in [1.165, 1.54) is 0 Å². The highest BCUT2D eigenvalue weighted by atomic mass is 79.9. The van der Waals surface area contributed by atoms with Crippen molar-refractivity contribution in [3.05, 3.63) is 46.4 Å². The van der Waals surface area contributed by atoms with E-state index in [9.17, 15) is 4.79 Å². The van der Waals surface area contributed by atoms with Gasteiger partial charge in [-0.25, -0.2) is 0 Å². The Morgan fingerprint density at radius 3 is 2.26 bits per heavy atom. The van der Waals surface area contributed by atoms with E-state index >= 15 is 0 Å². The molecule has 2 aromatic rings. The van der Waals surface area contributed by atoms with Crippen molar-refractivity contribution in [1.29, 1.82) is 0 Å². The summed E-state index contributed by atoms with van der Waals surface area (Å²) in [6.45, 7) is 3.83. The third-order valence-corrected chi connectivity index (χ3v) is 4.86. The number of ether oxygens (including phenoxy) is 3. The SMILES string of the molecule is COc1ccc(NC(=O)C(C)NC(C)c2ccc(OC)c(Br)c2)c(OC)c1. The van der Waals surface area contributed by atoms with Gasteiger partial charge in [-0.1, -0.05) is 6.07 Å². The summed E-state index contributed by atoms with van der Waals surface area (Å²) in [5.41, 5.74) is 1.64. The molecule has 0 aliphatic rings. The van der Waals surface area contributed by atoms with Gasteiger partial charge in [0.05, 0.1) is 37.5 Å². The second kappa shape index (κ2) is 9.62. The summed E-state index contributed by atoms with van der Waals surface area (Å²) in [7, 11) is 4.76. The molecule has 6 nitrogen and oxygen atoms in total. The van der Waals surface area contributed by atoms with Gasteiger partial charge in [-0.05, 0) is 59.6 Å². The van der Waals surface area contributed by atoms with E-state index in [-0.39, 0.29) is 11.9 Å². The zero-order chi connectivity index (χ0) is 20.0. The Morgan fingerprint density at radius 2 is 1.67 bits per heavy atom. The van der Waals surface area contributed by atoms with E-state index < -0.39 is 6.04 Å². The molecular weight excluding hydrogens is 412 g/mol. The number of anilines is 1. The third kappa shape index (κ3) is 5.37. The van der Waals surface area contributed by atoms with Crippen molar-refractivity contribution in [3.8, 4) is 17.2 Å². The Kier molecular flexibility index (Phi) is 7.50. The van der Waals surface area contributed by atoms with Crippen molar-refractivity contribution in [3.63, 3.8) is 0 Å². The van der Waals surface area contributed by atoms with Crippen LogP contribution in [0.5, 0.6) is 17.2 Å². The van der Waals surface area contributed by atoms with Gasteiger partial charge in [-0.15, -0.1) is 0 Å². The van der Waals surface area contributed by atoms with Crippen LogP contribution in [0.1, 0.15) is 25.5 Å². The summed E-state index contributed by atoms with van der Waals surface area (Å²) in [5.74, 6) is 1.82. The van der Waals surface area contributed by atoms with Crippen molar-refractivity contribution < 1.29 is 19.0 Å². The molecule has 0 heterocycles. The van der Waals surface area contributed by atoms with E-state index in [1.54, 1.807) is 39.5 Å². The van der Waals surface area contributed by atoms with Crippen molar-refractivity contribution in [2.45, 2.75) is 25.9 Å². The summed E-state index contributed by atoms with van der Waals surface area (Å²) >= 11 is 3.49. The topological polar surface area (TPSA) is 68.8 Å². The lowest BCUT2D eigenvalue weighted by atomic mass is 10.1. The molecule has 2 aromatic carbocycles. The fraction of sp³-hybridized carbons (Fsp3) is 0.350.